The van der Waals surface area contributed by atoms with E-state index in [0.29, 0.717) is 24.5 Å². The number of rotatable bonds is 3. The van der Waals surface area contributed by atoms with Crippen LogP contribution in [0.25, 0.3) is 10.9 Å². The van der Waals surface area contributed by atoms with Crippen molar-refractivity contribution in [1.82, 2.24) is 4.98 Å². The molecule has 5 heteroatoms. The number of anilines is 1. The third-order valence-electron chi connectivity index (χ3n) is 3.99. The summed E-state index contributed by atoms with van der Waals surface area (Å²) in [7, 11) is 0. The number of hydrogen-bond donors (Lipinski definition) is 1. The van der Waals surface area contributed by atoms with E-state index in [1.54, 1.807) is 6.20 Å². The van der Waals surface area contributed by atoms with Crippen LogP contribution in [-0.4, -0.2) is 30.8 Å². The summed E-state index contributed by atoms with van der Waals surface area (Å²) in [6, 6.07) is 5.78. The van der Waals surface area contributed by atoms with Crippen LogP contribution >= 0.6 is 11.6 Å². The van der Waals surface area contributed by atoms with Gasteiger partial charge in [0, 0.05) is 24.7 Å². The Morgan fingerprint density at radius 2 is 2.33 bits per heavy atom. The topological polar surface area (TPSA) is 42.1 Å². The first-order chi connectivity index (χ1) is 10.2. The molecule has 0 aliphatic carbocycles. The van der Waals surface area contributed by atoms with Crippen LogP contribution in [0.3, 0.4) is 0 Å². The minimum atomic E-state index is -0.779. The van der Waals surface area contributed by atoms with E-state index in [1.165, 1.54) is 0 Å². The van der Waals surface area contributed by atoms with Crippen LogP contribution in [0.4, 0.5) is 10.1 Å². The van der Waals surface area contributed by atoms with Crippen molar-refractivity contribution < 1.29 is 4.39 Å². The molecule has 3 rings (SSSR count). The lowest BCUT2D eigenvalue weighted by molar-refractivity contribution is 0.287. The molecule has 0 radical (unpaired) electrons. The monoisotopic (exact) mass is 307 g/mol. The Hall–Kier alpha value is -1.39. The number of nitrogens with zero attached hydrogens (tertiary/aromatic N) is 2. The first-order valence-corrected chi connectivity index (χ1v) is 7.73. The maximum Gasteiger partial charge on any atom is 0.118 e. The summed E-state index contributed by atoms with van der Waals surface area (Å²) < 4.78 is 13.8. The second kappa shape index (κ2) is 6.16. The predicted octanol–water partition coefficient (Wildman–Crippen LogP) is 3.33. The van der Waals surface area contributed by atoms with Gasteiger partial charge in [-0.25, -0.2) is 4.39 Å². The van der Waals surface area contributed by atoms with Crippen LogP contribution in [0.2, 0.25) is 5.02 Å². The zero-order valence-electron chi connectivity index (χ0n) is 11.9. The number of alkyl halides is 1. The third kappa shape index (κ3) is 2.83. The number of fused-ring (bicyclic) bond motifs is 1. The van der Waals surface area contributed by atoms with Crippen LogP contribution in [0.15, 0.2) is 24.4 Å². The van der Waals surface area contributed by atoms with Crippen molar-refractivity contribution >= 4 is 28.2 Å². The first kappa shape index (κ1) is 14.5. The fourth-order valence-electron chi connectivity index (χ4n) is 3.07. The highest BCUT2D eigenvalue weighted by atomic mass is 35.5. The van der Waals surface area contributed by atoms with Crippen LogP contribution < -0.4 is 10.6 Å². The Morgan fingerprint density at radius 3 is 3.10 bits per heavy atom. The fraction of sp³-hybridized carbons (Fsp3) is 0.438. The molecule has 1 saturated heterocycles. The molecule has 1 aromatic carbocycles. The standard InChI is InChI=1S/C16H19ClFN3/c17-14-9-11(5-6-19)16(15-13(14)4-1-7-20-15)21-8-2-3-12(18)10-21/h1,4,7,9,12H,2-3,5-6,8,10,19H2. The predicted molar refractivity (Wildman–Crippen MR) is 85.9 cm³/mol. The van der Waals surface area contributed by atoms with Gasteiger partial charge in [-0.3, -0.25) is 4.98 Å². The summed E-state index contributed by atoms with van der Waals surface area (Å²) in [6.07, 6.45) is 3.20. The molecule has 1 fully saturated rings. The normalized spacial score (nSPS) is 19.2. The summed E-state index contributed by atoms with van der Waals surface area (Å²) in [5, 5.41) is 1.59. The number of aromatic nitrogens is 1. The molecule has 1 unspecified atom stereocenters. The molecule has 112 valence electrons. The highest BCUT2D eigenvalue weighted by Gasteiger charge is 2.24. The van der Waals surface area contributed by atoms with Gasteiger partial charge in [0.1, 0.15) is 6.17 Å². The van der Waals surface area contributed by atoms with Crippen LogP contribution in [0.1, 0.15) is 18.4 Å². The molecule has 0 saturated carbocycles. The van der Waals surface area contributed by atoms with E-state index in [1.807, 2.05) is 18.2 Å². The lowest BCUT2D eigenvalue weighted by Gasteiger charge is -2.33. The van der Waals surface area contributed by atoms with Gasteiger partial charge in [-0.15, -0.1) is 0 Å². The molecule has 0 bridgehead atoms. The fourth-order valence-corrected chi connectivity index (χ4v) is 3.35. The Bertz CT molecular complexity index is 647. The molecule has 1 aromatic heterocycles. The molecule has 1 atom stereocenters. The van der Waals surface area contributed by atoms with E-state index in [2.05, 4.69) is 9.88 Å². The number of hydrogen-bond acceptors (Lipinski definition) is 3. The number of halogens is 2. The summed E-state index contributed by atoms with van der Waals surface area (Å²) in [6.45, 7) is 1.81. The van der Waals surface area contributed by atoms with E-state index in [-0.39, 0.29) is 0 Å². The molecule has 2 heterocycles. The van der Waals surface area contributed by atoms with Crippen LogP contribution in [0, 0.1) is 0 Å². The highest BCUT2D eigenvalue weighted by molar-refractivity contribution is 6.36. The maximum absolute atomic E-state index is 13.8. The molecule has 2 N–H and O–H groups in total. The quantitative estimate of drug-likeness (QED) is 0.946. The van der Waals surface area contributed by atoms with Crippen molar-refractivity contribution in [3.05, 3.63) is 35.0 Å². The Kier molecular flexibility index (Phi) is 4.27. The molecule has 21 heavy (non-hydrogen) atoms. The third-order valence-corrected chi connectivity index (χ3v) is 4.30. The van der Waals surface area contributed by atoms with Crippen molar-refractivity contribution in [3.63, 3.8) is 0 Å². The number of piperidine rings is 1. The second-order valence-corrected chi connectivity index (χ2v) is 5.90. The van der Waals surface area contributed by atoms with E-state index >= 15 is 0 Å². The highest BCUT2D eigenvalue weighted by Crippen LogP contribution is 2.36. The van der Waals surface area contributed by atoms with Gasteiger partial charge in [-0.2, -0.15) is 0 Å². The molecule has 1 aliphatic rings. The number of pyridine rings is 1. The van der Waals surface area contributed by atoms with Crippen LogP contribution in [0.5, 0.6) is 0 Å². The summed E-state index contributed by atoms with van der Waals surface area (Å²) in [5.74, 6) is 0. The zero-order valence-corrected chi connectivity index (χ0v) is 12.6. The van der Waals surface area contributed by atoms with Gasteiger partial charge in [0.05, 0.1) is 16.2 Å². The van der Waals surface area contributed by atoms with Gasteiger partial charge in [0.15, 0.2) is 0 Å². The number of benzene rings is 1. The Labute approximate surface area is 128 Å². The maximum atomic E-state index is 13.8. The van der Waals surface area contributed by atoms with Gasteiger partial charge < -0.3 is 10.6 Å². The van der Waals surface area contributed by atoms with Crippen molar-refractivity contribution in [2.45, 2.75) is 25.4 Å². The van der Waals surface area contributed by atoms with Gasteiger partial charge in [-0.1, -0.05) is 11.6 Å². The van der Waals surface area contributed by atoms with Crippen molar-refractivity contribution in [1.29, 1.82) is 0 Å². The summed E-state index contributed by atoms with van der Waals surface area (Å²) in [5.41, 5.74) is 8.63. The first-order valence-electron chi connectivity index (χ1n) is 7.36. The average molecular weight is 308 g/mol. The van der Waals surface area contributed by atoms with Crippen molar-refractivity contribution in [2.24, 2.45) is 5.73 Å². The summed E-state index contributed by atoms with van der Waals surface area (Å²) in [4.78, 5) is 6.60. The molecule has 1 aliphatic heterocycles. The molecule has 0 amide bonds. The summed E-state index contributed by atoms with van der Waals surface area (Å²) >= 11 is 6.36. The minimum Gasteiger partial charge on any atom is -0.367 e. The largest absolute Gasteiger partial charge is 0.367 e. The van der Waals surface area contributed by atoms with E-state index < -0.39 is 6.17 Å². The van der Waals surface area contributed by atoms with Crippen molar-refractivity contribution in [2.75, 3.05) is 24.5 Å². The SMILES string of the molecule is NCCc1cc(Cl)c2cccnc2c1N1CCCC(F)C1. The lowest BCUT2D eigenvalue weighted by Crippen LogP contribution is -2.37. The van der Waals surface area contributed by atoms with E-state index in [4.69, 9.17) is 17.3 Å². The molecular weight excluding hydrogens is 289 g/mol. The molecular formula is C16H19ClFN3. The molecule has 0 spiro atoms. The van der Waals surface area contributed by atoms with Crippen LogP contribution in [-0.2, 0) is 6.42 Å². The zero-order chi connectivity index (χ0) is 14.8. The lowest BCUT2D eigenvalue weighted by atomic mass is 10.0. The average Bonchev–Trinajstić information content (AvgIpc) is 2.48. The molecule has 3 nitrogen and oxygen atoms in total. The Morgan fingerprint density at radius 1 is 1.48 bits per heavy atom. The second-order valence-electron chi connectivity index (χ2n) is 5.49. The van der Waals surface area contributed by atoms with Gasteiger partial charge in [0.25, 0.3) is 0 Å². The van der Waals surface area contributed by atoms with Gasteiger partial charge in [-0.05, 0) is 49.6 Å². The van der Waals surface area contributed by atoms with Gasteiger partial charge in [0.2, 0.25) is 0 Å². The van der Waals surface area contributed by atoms with E-state index in [9.17, 15) is 4.39 Å². The minimum absolute atomic E-state index is 0.422. The Balaban J connectivity index is 2.17. The smallest absolute Gasteiger partial charge is 0.118 e. The van der Waals surface area contributed by atoms with Gasteiger partial charge >= 0.3 is 0 Å². The molecule has 2 aromatic rings. The number of nitrogens with two attached hydrogens (primary N) is 1. The van der Waals surface area contributed by atoms with E-state index in [0.717, 1.165) is 41.5 Å². The van der Waals surface area contributed by atoms with Crippen molar-refractivity contribution in [3.8, 4) is 0 Å².